The minimum Gasteiger partial charge on any atom is -0.490 e. The molecular formula is C22H22Cl2FN3O2S2. The number of benzene rings is 2. The third-order valence-corrected chi connectivity index (χ3v) is 7.01. The number of halogens is 3. The van der Waals surface area contributed by atoms with Crippen LogP contribution in [-0.4, -0.2) is 22.7 Å². The van der Waals surface area contributed by atoms with Crippen LogP contribution in [-0.2, 0) is 5.75 Å². The highest BCUT2D eigenvalue weighted by molar-refractivity contribution is 8.00. The summed E-state index contributed by atoms with van der Waals surface area (Å²) in [5, 5.41) is 11.7. The number of amides is 1. The molecule has 0 aliphatic rings. The number of carbonyl (C=O) groups excluding carboxylic acids is 1. The smallest absolute Gasteiger partial charge is 0.257 e. The first kappa shape index (κ1) is 24.8. The van der Waals surface area contributed by atoms with E-state index in [1.165, 1.54) is 47.4 Å². The van der Waals surface area contributed by atoms with Crippen LogP contribution in [0.5, 0.6) is 5.75 Å². The van der Waals surface area contributed by atoms with Gasteiger partial charge in [0.15, 0.2) is 10.1 Å². The minimum atomic E-state index is -0.394. The van der Waals surface area contributed by atoms with Gasteiger partial charge in [0.25, 0.3) is 5.91 Å². The number of unbranched alkanes of at least 4 members (excludes halogenated alkanes) is 3. The van der Waals surface area contributed by atoms with Crippen molar-refractivity contribution in [2.45, 2.75) is 42.7 Å². The second kappa shape index (κ2) is 12.4. The van der Waals surface area contributed by atoms with E-state index in [0.717, 1.165) is 31.2 Å². The number of hydrogen-bond acceptors (Lipinski definition) is 6. The van der Waals surface area contributed by atoms with E-state index < -0.39 is 5.91 Å². The first-order valence-corrected chi connectivity index (χ1v) is 12.7. The lowest BCUT2D eigenvalue weighted by atomic mass is 10.2. The van der Waals surface area contributed by atoms with E-state index in [-0.39, 0.29) is 15.9 Å². The van der Waals surface area contributed by atoms with Crippen LogP contribution in [0, 0.1) is 5.82 Å². The Balaban J connectivity index is 1.55. The van der Waals surface area contributed by atoms with Gasteiger partial charge in [0.05, 0.1) is 16.7 Å². The summed E-state index contributed by atoms with van der Waals surface area (Å²) in [6, 6.07) is 9.32. The lowest BCUT2D eigenvalue weighted by Crippen LogP contribution is -2.12. The van der Waals surface area contributed by atoms with Crippen LogP contribution in [0.15, 0.2) is 40.7 Å². The molecule has 0 aliphatic carbocycles. The first-order valence-electron chi connectivity index (χ1n) is 10.1. The average molecular weight is 514 g/mol. The maximum absolute atomic E-state index is 13.0. The lowest BCUT2D eigenvalue weighted by molar-refractivity contribution is 0.102. The molecule has 3 aromatic rings. The Bertz CT molecular complexity index is 1020. The summed E-state index contributed by atoms with van der Waals surface area (Å²) in [4.78, 5) is 12.6. The Morgan fingerprint density at radius 2 is 1.84 bits per heavy atom. The van der Waals surface area contributed by atoms with Crippen LogP contribution in [0.4, 0.5) is 9.52 Å². The Hall–Kier alpha value is -1.87. The van der Waals surface area contributed by atoms with Crippen molar-refractivity contribution in [1.82, 2.24) is 10.2 Å². The van der Waals surface area contributed by atoms with Gasteiger partial charge >= 0.3 is 0 Å². The molecule has 1 aromatic heterocycles. The van der Waals surface area contributed by atoms with Crippen molar-refractivity contribution in [2.75, 3.05) is 11.9 Å². The zero-order valence-corrected chi connectivity index (χ0v) is 20.5. The van der Waals surface area contributed by atoms with E-state index >= 15 is 0 Å². The van der Waals surface area contributed by atoms with E-state index in [4.69, 9.17) is 27.9 Å². The molecule has 0 unspecified atom stereocenters. The summed E-state index contributed by atoms with van der Waals surface area (Å²) in [5.74, 6) is 0.339. The molecule has 0 saturated carbocycles. The summed E-state index contributed by atoms with van der Waals surface area (Å²) >= 11 is 15.3. The van der Waals surface area contributed by atoms with E-state index in [9.17, 15) is 9.18 Å². The molecule has 3 rings (SSSR count). The highest BCUT2D eigenvalue weighted by atomic mass is 35.5. The molecule has 0 saturated heterocycles. The highest BCUT2D eigenvalue weighted by Gasteiger charge is 2.16. The predicted octanol–water partition coefficient (Wildman–Crippen LogP) is 7.49. The van der Waals surface area contributed by atoms with Crippen LogP contribution in [0.3, 0.4) is 0 Å². The topological polar surface area (TPSA) is 64.1 Å². The standard InChI is InChI=1S/C22H22Cl2FN3O2S2/c1-2-3-4-5-10-30-19-17(23)11-15(12-18(19)24)20(29)26-21-27-28-22(32-21)31-13-14-6-8-16(25)9-7-14/h6-9,11-12H,2-5,10,13H2,1H3,(H,26,27,29). The molecule has 0 spiro atoms. The number of ether oxygens (including phenoxy) is 1. The summed E-state index contributed by atoms with van der Waals surface area (Å²) in [5.41, 5.74) is 1.27. The fourth-order valence-electron chi connectivity index (χ4n) is 2.75. The summed E-state index contributed by atoms with van der Waals surface area (Å²) in [6.45, 7) is 2.67. The third kappa shape index (κ3) is 7.33. The van der Waals surface area contributed by atoms with Gasteiger partial charge in [0.2, 0.25) is 5.13 Å². The van der Waals surface area contributed by atoms with Crippen molar-refractivity contribution in [1.29, 1.82) is 0 Å². The number of aromatic nitrogens is 2. The molecule has 0 atom stereocenters. The second-order valence-electron chi connectivity index (χ2n) is 6.92. The first-order chi connectivity index (χ1) is 15.5. The van der Waals surface area contributed by atoms with E-state index in [1.807, 2.05) is 0 Å². The predicted molar refractivity (Wildman–Crippen MR) is 130 cm³/mol. The molecule has 170 valence electrons. The summed E-state index contributed by atoms with van der Waals surface area (Å²) < 4.78 is 19.4. The van der Waals surface area contributed by atoms with E-state index in [2.05, 4.69) is 22.4 Å². The fourth-order valence-corrected chi connectivity index (χ4v) is 5.04. The van der Waals surface area contributed by atoms with Crippen molar-refractivity contribution in [3.63, 3.8) is 0 Å². The van der Waals surface area contributed by atoms with Crippen molar-refractivity contribution in [3.8, 4) is 5.75 Å². The Morgan fingerprint density at radius 1 is 1.12 bits per heavy atom. The SMILES string of the molecule is CCCCCCOc1c(Cl)cc(C(=O)Nc2nnc(SCc3ccc(F)cc3)s2)cc1Cl. The number of carbonyl (C=O) groups is 1. The number of rotatable bonds is 11. The number of nitrogens with zero attached hydrogens (tertiary/aromatic N) is 2. The molecule has 1 amide bonds. The molecule has 0 radical (unpaired) electrons. The van der Waals surface area contributed by atoms with Gasteiger partial charge in [0.1, 0.15) is 5.82 Å². The molecule has 0 bridgehead atoms. The van der Waals surface area contributed by atoms with Crippen molar-refractivity contribution in [3.05, 3.63) is 63.4 Å². The summed E-state index contributed by atoms with van der Waals surface area (Å²) in [7, 11) is 0. The van der Waals surface area contributed by atoms with Gasteiger partial charge in [-0.15, -0.1) is 10.2 Å². The van der Waals surface area contributed by atoms with Gasteiger partial charge in [0, 0.05) is 11.3 Å². The van der Waals surface area contributed by atoms with Crippen LogP contribution in [0.2, 0.25) is 10.0 Å². The molecular weight excluding hydrogens is 492 g/mol. The molecule has 5 nitrogen and oxygen atoms in total. The third-order valence-electron chi connectivity index (χ3n) is 4.41. The maximum Gasteiger partial charge on any atom is 0.257 e. The van der Waals surface area contributed by atoms with Gasteiger partial charge < -0.3 is 4.74 Å². The highest BCUT2D eigenvalue weighted by Crippen LogP contribution is 2.35. The number of anilines is 1. The summed E-state index contributed by atoms with van der Waals surface area (Å²) in [6.07, 6.45) is 4.30. The van der Waals surface area contributed by atoms with Crippen LogP contribution in [0.1, 0.15) is 48.5 Å². The molecule has 0 fully saturated rings. The van der Waals surface area contributed by atoms with Gasteiger partial charge in [-0.1, -0.05) is 84.6 Å². The van der Waals surface area contributed by atoms with Crippen molar-refractivity contribution in [2.24, 2.45) is 0 Å². The van der Waals surface area contributed by atoms with Crippen LogP contribution >= 0.6 is 46.3 Å². The van der Waals surface area contributed by atoms with Crippen molar-refractivity contribution < 1.29 is 13.9 Å². The number of thioether (sulfide) groups is 1. The van der Waals surface area contributed by atoms with Gasteiger partial charge in [-0.05, 0) is 36.2 Å². The normalized spacial score (nSPS) is 10.9. The van der Waals surface area contributed by atoms with Gasteiger partial charge in [-0.25, -0.2) is 4.39 Å². The molecule has 1 N–H and O–H groups in total. The van der Waals surface area contributed by atoms with E-state index in [0.29, 0.717) is 33.1 Å². The monoisotopic (exact) mass is 513 g/mol. The Kier molecular flexibility index (Phi) is 9.59. The second-order valence-corrected chi connectivity index (χ2v) is 9.93. The maximum atomic E-state index is 13.0. The zero-order valence-electron chi connectivity index (χ0n) is 17.4. The number of nitrogens with one attached hydrogen (secondary N) is 1. The minimum absolute atomic E-state index is 0.272. The zero-order chi connectivity index (χ0) is 22.9. The Labute approximate surface area is 204 Å². The molecule has 1 heterocycles. The molecule has 32 heavy (non-hydrogen) atoms. The lowest BCUT2D eigenvalue weighted by Gasteiger charge is -2.11. The molecule has 10 heteroatoms. The largest absolute Gasteiger partial charge is 0.490 e. The number of hydrogen-bond donors (Lipinski definition) is 1. The van der Waals surface area contributed by atoms with Crippen molar-refractivity contribution >= 4 is 57.3 Å². The Morgan fingerprint density at radius 3 is 2.53 bits per heavy atom. The molecule has 2 aromatic carbocycles. The van der Waals surface area contributed by atoms with Gasteiger partial charge in [-0.3, -0.25) is 10.1 Å². The van der Waals surface area contributed by atoms with E-state index in [1.54, 1.807) is 12.1 Å². The fraction of sp³-hybridized carbons (Fsp3) is 0.318. The quantitative estimate of drug-likeness (QED) is 0.163. The average Bonchev–Trinajstić information content (AvgIpc) is 3.22. The van der Waals surface area contributed by atoms with Crippen LogP contribution in [0.25, 0.3) is 0 Å². The molecule has 0 aliphatic heterocycles. The van der Waals surface area contributed by atoms with Crippen LogP contribution < -0.4 is 10.1 Å². The van der Waals surface area contributed by atoms with Gasteiger partial charge in [-0.2, -0.15) is 0 Å².